The van der Waals surface area contributed by atoms with Crippen molar-refractivity contribution in [3.05, 3.63) is 48.2 Å². The van der Waals surface area contributed by atoms with Crippen LogP contribution in [0.15, 0.2) is 36.5 Å². The van der Waals surface area contributed by atoms with Gasteiger partial charge in [-0.2, -0.15) is 0 Å². The summed E-state index contributed by atoms with van der Waals surface area (Å²) >= 11 is 0. The first kappa shape index (κ1) is 25.2. The number of rotatable bonds is 8. The first-order chi connectivity index (χ1) is 18.1. The van der Waals surface area contributed by atoms with Crippen molar-refractivity contribution in [2.24, 2.45) is 5.92 Å². The molecule has 2 aliphatic heterocycles. The number of hydrogen-bond donors (Lipinski definition) is 3. The lowest BCUT2D eigenvalue weighted by Gasteiger charge is -2.33. The molecule has 2 saturated heterocycles. The van der Waals surface area contributed by atoms with Gasteiger partial charge in [0.15, 0.2) is 6.29 Å². The lowest BCUT2D eigenvalue weighted by atomic mass is 10.1. The van der Waals surface area contributed by atoms with Gasteiger partial charge in [0.05, 0.1) is 62.5 Å². The number of hydrogen-bond acceptors (Lipinski definition) is 9. The van der Waals surface area contributed by atoms with Crippen molar-refractivity contribution in [3.63, 3.8) is 0 Å². The fourth-order valence-corrected chi connectivity index (χ4v) is 4.28. The van der Waals surface area contributed by atoms with Gasteiger partial charge in [-0.25, -0.2) is 19.3 Å². The van der Waals surface area contributed by atoms with Crippen molar-refractivity contribution in [2.75, 3.05) is 58.0 Å². The molecule has 1 amide bonds. The van der Waals surface area contributed by atoms with Crippen LogP contribution in [-0.2, 0) is 25.4 Å². The number of carbonyl (C=O) groups excluding carboxylic acids is 1. The van der Waals surface area contributed by atoms with Crippen LogP contribution in [0.25, 0.3) is 22.6 Å². The third-order valence-corrected chi connectivity index (χ3v) is 6.18. The number of H-pyrrole nitrogens is 1. The van der Waals surface area contributed by atoms with Gasteiger partial charge in [0.2, 0.25) is 11.9 Å². The zero-order valence-corrected chi connectivity index (χ0v) is 20.2. The Bertz CT molecular complexity index is 1190. The van der Waals surface area contributed by atoms with Gasteiger partial charge >= 0.3 is 0 Å². The van der Waals surface area contributed by atoms with Gasteiger partial charge in [-0.1, -0.05) is 0 Å². The number of carbonyl (C=O) groups is 1. The van der Waals surface area contributed by atoms with Crippen LogP contribution < -0.4 is 5.32 Å². The Hall–Kier alpha value is -3.45. The van der Waals surface area contributed by atoms with Crippen molar-refractivity contribution in [1.82, 2.24) is 24.8 Å². The Morgan fingerprint density at radius 1 is 1.14 bits per heavy atom. The summed E-state index contributed by atoms with van der Waals surface area (Å²) in [5.41, 5.74) is 2.52. The van der Waals surface area contributed by atoms with Crippen LogP contribution >= 0.6 is 0 Å². The summed E-state index contributed by atoms with van der Waals surface area (Å²) in [6, 6.07) is 7.80. The van der Waals surface area contributed by atoms with Crippen LogP contribution in [0, 0.1) is 11.7 Å². The second-order valence-corrected chi connectivity index (χ2v) is 8.76. The topological polar surface area (TPSA) is 135 Å². The van der Waals surface area contributed by atoms with Crippen LogP contribution in [0.2, 0.25) is 0 Å². The summed E-state index contributed by atoms with van der Waals surface area (Å²) in [6.07, 6.45) is 1.37. The molecule has 2 aromatic heterocycles. The number of aliphatic hydroxyl groups is 1. The zero-order valence-electron chi connectivity index (χ0n) is 20.2. The molecular formula is C25H29FN6O5. The van der Waals surface area contributed by atoms with Crippen LogP contribution in [-0.4, -0.2) is 94.8 Å². The fourth-order valence-electron chi connectivity index (χ4n) is 4.28. The highest BCUT2D eigenvalue weighted by molar-refractivity contribution is 5.79. The van der Waals surface area contributed by atoms with Gasteiger partial charge in [-0.05, 0) is 30.3 Å². The van der Waals surface area contributed by atoms with Gasteiger partial charge in [0, 0.05) is 31.4 Å². The Morgan fingerprint density at radius 2 is 1.89 bits per heavy atom. The van der Waals surface area contributed by atoms with E-state index in [9.17, 15) is 9.18 Å². The Labute approximate surface area is 213 Å². The van der Waals surface area contributed by atoms with Crippen LogP contribution in [0.5, 0.6) is 0 Å². The van der Waals surface area contributed by atoms with Gasteiger partial charge in [0.25, 0.3) is 0 Å². The highest BCUT2D eigenvalue weighted by atomic mass is 19.1. The molecule has 37 heavy (non-hydrogen) atoms. The van der Waals surface area contributed by atoms with Crippen molar-refractivity contribution >= 4 is 11.9 Å². The summed E-state index contributed by atoms with van der Waals surface area (Å²) in [5, 5.41) is 12.0. The maximum atomic E-state index is 13.6. The molecule has 0 aliphatic carbocycles. The fraction of sp³-hybridized carbons (Fsp3) is 0.440. The summed E-state index contributed by atoms with van der Waals surface area (Å²) < 4.78 is 30.6. The summed E-state index contributed by atoms with van der Waals surface area (Å²) in [6.45, 7) is 3.06. The molecule has 0 spiro atoms. The Kier molecular flexibility index (Phi) is 7.99. The van der Waals surface area contributed by atoms with Gasteiger partial charge < -0.3 is 34.5 Å². The van der Waals surface area contributed by atoms with E-state index in [-0.39, 0.29) is 37.5 Å². The number of aromatic amines is 1. The maximum absolute atomic E-state index is 13.6. The molecule has 0 bridgehead atoms. The van der Waals surface area contributed by atoms with E-state index in [2.05, 4.69) is 20.3 Å². The van der Waals surface area contributed by atoms with Gasteiger partial charge in [0.1, 0.15) is 11.6 Å². The first-order valence-corrected chi connectivity index (χ1v) is 12.2. The van der Waals surface area contributed by atoms with Crippen molar-refractivity contribution < 1.29 is 28.5 Å². The molecule has 3 N–H and O–H groups in total. The van der Waals surface area contributed by atoms with Crippen LogP contribution in [0.1, 0.15) is 5.82 Å². The SMILES string of the molecule is O=C(C1COC(Cc2nc(-c3ccc(F)cc3)c(-c3ccnc(NCCO)n3)[nH]2)OC1)N1CCOCC1. The second-order valence-electron chi connectivity index (χ2n) is 8.76. The summed E-state index contributed by atoms with van der Waals surface area (Å²) in [4.78, 5) is 31.3. The third-order valence-electron chi connectivity index (χ3n) is 6.18. The summed E-state index contributed by atoms with van der Waals surface area (Å²) in [5.74, 6) is 0.296. The number of halogens is 1. The number of aromatic nitrogens is 4. The maximum Gasteiger partial charge on any atom is 0.230 e. The molecule has 2 aliphatic rings. The number of ether oxygens (including phenoxy) is 3. The van der Waals surface area contributed by atoms with E-state index in [4.69, 9.17) is 24.3 Å². The largest absolute Gasteiger partial charge is 0.395 e. The van der Waals surface area contributed by atoms with Gasteiger partial charge in [-0.3, -0.25) is 4.79 Å². The zero-order chi connectivity index (χ0) is 25.6. The molecule has 4 heterocycles. The standard InChI is InChI=1S/C25H29FN6O5/c26-18-3-1-16(2-4-18)22-23(19-5-6-27-25(29-19)28-7-10-33)31-20(30-22)13-21-36-14-17(15-37-21)24(34)32-8-11-35-12-9-32/h1-6,17,21,33H,7-15H2,(H,30,31)(H,27,28,29). The van der Waals surface area contributed by atoms with E-state index in [1.165, 1.54) is 12.1 Å². The van der Waals surface area contributed by atoms with E-state index in [0.717, 1.165) is 0 Å². The van der Waals surface area contributed by atoms with Crippen LogP contribution in [0.4, 0.5) is 10.3 Å². The minimum atomic E-state index is -0.569. The molecular weight excluding hydrogens is 483 g/mol. The molecule has 0 saturated carbocycles. The van der Waals surface area contributed by atoms with Gasteiger partial charge in [-0.15, -0.1) is 0 Å². The van der Waals surface area contributed by atoms with E-state index >= 15 is 0 Å². The van der Waals surface area contributed by atoms with E-state index < -0.39 is 6.29 Å². The van der Waals surface area contributed by atoms with E-state index in [1.54, 1.807) is 29.3 Å². The molecule has 196 valence electrons. The predicted octanol–water partition coefficient (Wildman–Crippen LogP) is 1.47. The monoisotopic (exact) mass is 512 g/mol. The lowest BCUT2D eigenvalue weighted by molar-refractivity contribution is -0.205. The second kappa shape index (κ2) is 11.7. The van der Waals surface area contributed by atoms with E-state index in [1.807, 2.05) is 0 Å². The Balaban J connectivity index is 1.32. The molecule has 11 nitrogen and oxygen atoms in total. The molecule has 0 unspecified atom stereocenters. The quantitative estimate of drug-likeness (QED) is 0.410. The lowest BCUT2D eigenvalue weighted by Crippen LogP contribution is -2.48. The Morgan fingerprint density at radius 3 is 2.62 bits per heavy atom. The molecule has 3 aromatic rings. The minimum Gasteiger partial charge on any atom is -0.395 e. The minimum absolute atomic E-state index is 0.0232. The van der Waals surface area contributed by atoms with Crippen molar-refractivity contribution in [1.29, 1.82) is 0 Å². The summed E-state index contributed by atoms with van der Waals surface area (Å²) in [7, 11) is 0. The van der Waals surface area contributed by atoms with Crippen molar-refractivity contribution in [2.45, 2.75) is 12.7 Å². The average molecular weight is 513 g/mol. The number of morpholine rings is 1. The number of benzene rings is 1. The number of anilines is 1. The highest BCUT2D eigenvalue weighted by Crippen LogP contribution is 2.30. The molecule has 12 heteroatoms. The molecule has 5 rings (SSSR count). The smallest absolute Gasteiger partial charge is 0.230 e. The van der Waals surface area contributed by atoms with Crippen LogP contribution in [0.3, 0.4) is 0 Å². The molecule has 0 atom stereocenters. The normalized spacial score (nSPS) is 20.1. The first-order valence-electron chi connectivity index (χ1n) is 12.2. The predicted molar refractivity (Wildman–Crippen MR) is 131 cm³/mol. The number of aliphatic hydroxyl groups excluding tert-OH is 1. The van der Waals surface area contributed by atoms with E-state index in [0.29, 0.717) is 73.7 Å². The van der Waals surface area contributed by atoms with Crippen molar-refractivity contribution in [3.8, 4) is 22.6 Å². The molecule has 1 aromatic carbocycles. The highest BCUT2D eigenvalue weighted by Gasteiger charge is 2.32. The molecule has 2 fully saturated rings. The third kappa shape index (κ3) is 6.10. The number of amides is 1. The average Bonchev–Trinajstić information content (AvgIpc) is 3.36. The molecule has 0 radical (unpaired) electrons. The number of nitrogens with zero attached hydrogens (tertiary/aromatic N) is 4. The number of imidazole rings is 1. The number of nitrogens with one attached hydrogen (secondary N) is 2.